The Balaban J connectivity index is 0.000000265. The van der Waals surface area contributed by atoms with Crippen molar-refractivity contribution in [3.63, 3.8) is 0 Å². The average molecular weight is 209 g/mol. The number of hydrogen-bond acceptors (Lipinski definition) is 3. The number of nitrogens with one attached hydrogen (secondary N) is 1. The predicted molar refractivity (Wildman–Crippen MR) is 58.7 cm³/mol. The molecule has 4 heteroatoms. The lowest BCUT2D eigenvalue weighted by Crippen LogP contribution is -2.19. The lowest BCUT2D eigenvalue weighted by Gasteiger charge is -1.91. The fourth-order valence-corrected chi connectivity index (χ4v) is 0.711. The van der Waals surface area contributed by atoms with Gasteiger partial charge in [-0.3, -0.25) is 4.79 Å². The van der Waals surface area contributed by atoms with Gasteiger partial charge in [0.25, 0.3) is 0 Å². The summed E-state index contributed by atoms with van der Waals surface area (Å²) in [5, 5.41) is 19.9. The van der Waals surface area contributed by atoms with Crippen molar-refractivity contribution >= 4 is 5.91 Å². The van der Waals surface area contributed by atoms with Crippen LogP contribution < -0.4 is 5.32 Å². The lowest BCUT2D eigenvalue weighted by molar-refractivity contribution is -0.116. The van der Waals surface area contributed by atoms with E-state index in [1.807, 2.05) is 6.92 Å². The van der Waals surface area contributed by atoms with Gasteiger partial charge in [0.1, 0.15) is 0 Å². The van der Waals surface area contributed by atoms with Crippen molar-refractivity contribution in [2.24, 2.45) is 0 Å². The van der Waals surface area contributed by atoms with Crippen LogP contribution in [0.1, 0.15) is 6.92 Å². The van der Waals surface area contributed by atoms with Gasteiger partial charge in [-0.25, -0.2) is 0 Å². The zero-order valence-corrected chi connectivity index (χ0v) is 8.60. The van der Waals surface area contributed by atoms with E-state index in [1.165, 1.54) is 18.2 Å². The highest BCUT2D eigenvalue weighted by molar-refractivity contribution is 5.86. The summed E-state index contributed by atoms with van der Waals surface area (Å²) in [6, 6.07) is 6.15. The second-order valence-corrected chi connectivity index (χ2v) is 2.59. The summed E-state index contributed by atoms with van der Waals surface area (Å²) in [6.45, 7) is 5.80. The summed E-state index contributed by atoms with van der Waals surface area (Å²) in [7, 11) is 0. The first-order valence-electron chi connectivity index (χ1n) is 4.49. The third-order valence-electron chi connectivity index (χ3n) is 1.42. The fourth-order valence-electron chi connectivity index (χ4n) is 0.711. The second kappa shape index (κ2) is 7.44. The number of phenols is 2. The highest BCUT2D eigenvalue weighted by Crippen LogP contribution is 2.21. The molecule has 1 aromatic carbocycles. The molecule has 0 saturated carbocycles. The zero-order valence-electron chi connectivity index (χ0n) is 8.60. The number of rotatable bonds is 2. The van der Waals surface area contributed by atoms with Crippen molar-refractivity contribution in [3.05, 3.63) is 36.9 Å². The summed E-state index contributed by atoms with van der Waals surface area (Å²) in [4.78, 5) is 10.2. The fraction of sp³-hybridized carbons (Fsp3) is 0.182. The molecule has 3 N–H and O–H groups in total. The van der Waals surface area contributed by atoms with Crippen LogP contribution in [0.2, 0.25) is 0 Å². The van der Waals surface area contributed by atoms with Crippen molar-refractivity contribution in [1.82, 2.24) is 5.32 Å². The zero-order chi connectivity index (χ0) is 11.7. The molecule has 15 heavy (non-hydrogen) atoms. The minimum atomic E-state index is -0.109. The Morgan fingerprint density at radius 1 is 1.40 bits per heavy atom. The number of phenolic OH excluding ortho intramolecular Hbond substituents is 2. The van der Waals surface area contributed by atoms with E-state index >= 15 is 0 Å². The minimum absolute atomic E-state index is 0.0764. The first-order chi connectivity index (χ1) is 7.11. The molecule has 4 nitrogen and oxygen atoms in total. The number of carbonyl (C=O) groups excluding carboxylic acids is 1. The number of amides is 1. The van der Waals surface area contributed by atoms with E-state index in [9.17, 15) is 4.79 Å². The Labute approximate surface area is 88.9 Å². The first-order valence-corrected chi connectivity index (χ1v) is 4.49. The third kappa shape index (κ3) is 6.15. The number of para-hydroxylation sites is 2. The largest absolute Gasteiger partial charge is 0.504 e. The van der Waals surface area contributed by atoms with Gasteiger partial charge in [-0.15, -0.1) is 0 Å². The van der Waals surface area contributed by atoms with Gasteiger partial charge in [-0.2, -0.15) is 0 Å². The average Bonchev–Trinajstić information content (AvgIpc) is 2.24. The Morgan fingerprint density at radius 2 is 1.87 bits per heavy atom. The third-order valence-corrected chi connectivity index (χ3v) is 1.42. The number of aromatic hydroxyl groups is 2. The smallest absolute Gasteiger partial charge is 0.243 e. The molecule has 0 aromatic heterocycles. The summed E-state index contributed by atoms with van der Waals surface area (Å²) in [6.07, 6.45) is 1.25. The molecule has 0 aliphatic carbocycles. The van der Waals surface area contributed by atoms with Crippen LogP contribution in [0.5, 0.6) is 11.5 Å². The normalized spacial score (nSPS) is 8.33. The van der Waals surface area contributed by atoms with E-state index in [0.717, 1.165) is 0 Å². The molecule has 1 amide bonds. The van der Waals surface area contributed by atoms with Crippen molar-refractivity contribution in [3.8, 4) is 11.5 Å². The van der Waals surface area contributed by atoms with Gasteiger partial charge in [0.2, 0.25) is 5.91 Å². The molecule has 1 rings (SSSR count). The van der Waals surface area contributed by atoms with E-state index in [-0.39, 0.29) is 17.4 Å². The molecular formula is C11H15NO3. The van der Waals surface area contributed by atoms with Crippen molar-refractivity contribution in [1.29, 1.82) is 0 Å². The monoisotopic (exact) mass is 209 g/mol. The Bertz CT molecular complexity index is 302. The molecule has 0 heterocycles. The number of carbonyl (C=O) groups is 1. The van der Waals surface area contributed by atoms with Crippen molar-refractivity contribution in [2.45, 2.75) is 6.92 Å². The molecule has 0 bridgehead atoms. The van der Waals surface area contributed by atoms with Gasteiger partial charge in [0, 0.05) is 6.54 Å². The molecule has 1 aromatic rings. The Kier molecular flexibility index (Phi) is 6.46. The molecule has 0 spiro atoms. The molecule has 0 unspecified atom stereocenters. The molecular weight excluding hydrogens is 194 g/mol. The van der Waals surface area contributed by atoms with E-state index in [0.29, 0.717) is 6.54 Å². The van der Waals surface area contributed by atoms with Gasteiger partial charge in [-0.05, 0) is 25.1 Å². The van der Waals surface area contributed by atoms with Crippen LogP contribution in [0.15, 0.2) is 36.9 Å². The molecule has 0 fully saturated rings. The second-order valence-electron chi connectivity index (χ2n) is 2.59. The van der Waals surface area contributed by atoms with Crippen molar-refractivity contribution < 1.29 is 15.0 Å². The quantitative estimate of drug-likeness (QED) is 0.509. The maximum Gasteiger partial charge on any atom is 0.243 e. The van der Waals surface area contributed by atoms with Gasteiger partial charge < -0.3 is 15.5 Å². The number of benzene rings is 1. The van der Waals surface area contributed by atoms with E-state index in [2.05, 4.69) is 11.9 Å². The van der Waals surface area contributed by atoms with Crippen LogP contribution in [0.25, 0.3) is 0 Å². The lowest BCUT2D eigenvalue weighted by atomic mass is 10.3. The molecule has 0 aliphatic rings. The van der Waals surface area contributed by atoms with Gasteiger partial charge >= 0.3 is 0 Å². The highest BCUT2D eigenvalue weighted by Gasteiger charge is 1.90. The maximum atomic E-state index is 10.2. The van der Waals surface area contributed by atoms with Crippen molar-refractivity contribution in [2.75, 3.05) is 6.54 Å². The Hall–Kier alpha value is -1.97. The number of hydrogen-bond donors (Lipinski definition) is 3. The van der Waals surface area contributed by atoms with Crippen LogP contribution in [-0.2, 0) is 4.79 Å². The highest BCUT2D eigenvalue weighted by atomic mass is 16.3. The van der Waals surface area contributed by atoms with Crippen LogP contribution in [0, 0.1) is 0 Å². The Morgan fingerprint density at radius 3 is 2.07 bits per heavy atom. The van der Waals surface area contributed by atoms with Crippen LogP contribution in [-0.4, -0.2) is 22.7 Å². The molecule has 0 aliphatic heterocycles. The number of likely N-dealkylation sites (N-methyl/N-ethyl adjacent to an activating group) is 1. The summed E-state index contributed by atoms with van der Waals surface area (Å²) >= 11 is 0. The SMILES string of the molecule is C=CC(=O)NCC.Oc1ccccc1O. The van der Waals surface area contributed by atoms with Crippen LogP contribution in [0.4, 0.5) is 0 Å². The molecule has 82 valence electrons. The summed E-state index contributed by atoms with van der Waals surface area (Å²) < 4.78 is 0. The van der Waals surface area contributed by atoms with Gasteiger partial charge in [0.15, 0.2) is 11.5 Å². The summed E-state index contributed by atoms with van der Waals surface area (Å²) in [5.74, 6) is -0.262. The van der Waals surface area contributed by atoms with Gasteiger partial charge in [0.05, 0.1) is 0 Å². The molecule has 0 saturated heterocycles. The predicted octanol–water partition coefficient (Wildman–Crippen LogP) is 1.41. The van der Waals surface area contributed by atoms with Crippen LogP contribution >= 0.6 is 0 Å². The summed E-state index contributed by atoms with van der Waals surface area (Å²) in [5.41, 5.74) is 0. The van der Waals surface area contributed by atoms with E-state index < -0.39 is 0 Å². The van der Waals surface area contributed by atoms with Crippen LogP contribution in [0.3, 0.4) is 0 Å². The molecule has 0 atom stereocenters. The molecule has 0 radical (unpaired) electrons. The standard InChI is InChI=1S/C6H6O2.C5H9NO/c7-5-3-1-2-4-6(5)8;1-3-5(7)6-4-2/h1-4,7-8H;3H,1,4H2,2H3,(H,6,7). The van der Waals surface area contributed by atoms with Gasteiger partial charge in [-0.1, -0.05) is 18.7 Å². The first kappa shape index (κ1) is 13.0. The minimum Gasteiger partial charge on any atom is -0.504 e. The van der Waals surface area contributed by atoms with E-state index in [1.54, 1.807) is 12.1 Å². The maximum absolute atomic E-state index is 10.2. The topological polar surface area (TPSA) is 69.6 Å². The van der Waals surface area contributed by atoms with E-state index in [4.69, 9.17) is 10.2 Å².